The number of phenols is 1. The summed E-state index contributed by atoms with van der Waals surface area (Å²) in [4.78, 5) is 14.0. The summed E-state index contributed by atoms with van der Waals surface area (Å²) in [6, 6.07) is 4.78. The number of benzene rings is 1. The number of aromatic hydroxyl groups is 1. The van der Waals surface area contributed by atoms with Gasteiger partial charge in [-0.1, -0.05) is 12.8 Å². The summed E-state index contributed by atoms with van der Waals surface area (Å²) < 4.78 is 0.717. The van der Waals surface area contributed by atoms with Gasteiger partial charge in [0.05, 0.1) is 15.7 Å². The Hall–Kier alpha value is -0.820. The van der Waals surface area contributed by atoms with E-state index in [4.69, 9.17) is 0 Å². The van der Waals surface area contributed by atoms with Gasteiger partial charge in [0.25, 0.3) is 5.91 Å². The first kappa shape index (κ1) is 14.6. The summed E-state index contributed by atoms with van der Waals surface area (Å²) in [6.07, 6.45) is 3.20. The maximum absolute atomic E-state index is 12.4. The largest absolute Gasteiger partial charge is 0.507 e. The third-order valence-corrected chi connectivity index (χ3v) is 4.62. The van der Waals surface area contributed by atoms with Crippen LogP contribution in [0.5, 0.6) is 5.75 Å². The zero-order valence-corrected chi connectivity index (χ0v) is 13.0. The third kappa shape index (κ3) is 3.20. The van der Waals surface area contributed by atoms with Gasteiger partial charge < -0.3 is 15.1 Å². The lowest BCUT2D eigenvalue weighted by molar-refractivity contribution is 0.0268. The number of carbonyl (C=O) groups excluding carboxylic acids is 1. The van der Waals surface area contributed by atoms with Crippen LogP contribution in [0.15, 0.2) is 18.2 Å². The molecule has 2 N–H and O–H groups in total. The molecule has 0 radical (unpaired) electrons. The first-order chi connectivity index (χ1) is 9.00. The van der Waals surface area contributed by atoms with Gasteiger partial charge in [0.15, 0.2) is 0 Å². The fourth-order valence-corrected chi connectivity index (χ4v) is 2.88. The van der Waals surface area contributed by atoms with Crippen LogP contribution in [0.4, 0.5) is 0 Å². The Kier molecular flexibility index (Phi) is 4.67. The second-order valence-electron chi connectivity index (χ2n) is 5.00. The minimum Gasteiger partial charge on any atom is -0.507 e. The molecule has 1 saturated carbocycles. The van der Waals surface area contributed by atoms with Gasteiger partial charge in [-0.15, -0.1) is 0 Å². The maximum atomic E-state index is 12.4. The van der Waals surface area contributed by atoms with Crippen LogP contribution in [0.1, 0.15) is 36.0 Å². The highest BCUT2D eigenvalue weighted by Gasteiger charge is 2.29. The topological polar surface area (TPSA) is 60.8 Å². The average Bonchev–Trinajstić information content (AvgIpc) is 2.41. The number of hydrogen-bond donors (Lipinski definition) is 2. The second kappa shape index (κ2) is 6.09. The van der Waals surface area contributed by atoms with E-state index < -0.39 is 6.10 Å². The number of rotatable bonds is 2. The normalized spacial score (nSPS) is 23.1. The molecule has 1 aromatic carbocycles. The lowest BCUT2D eigenvalue weighted by Gasteiger charge is -2.35. The molecule has 0 saturated heterocycles. The second-order valence-corrected chi connectivity index (χ2v) is 6.16. The number of likely N-dealkylation sites (N-methyl/N-ethyl adjacent to an activating group) is 1. The first-order valence-corrected chi connectivity index (χ1v) is 7.52. The number of aliphatic hydroxyl groups is 1. The van der Waals surface area contributed by atoms with E-state index in [0.29, 0.717) is 5.56 Å². The van der Waals surface area contributed by atoms with Gasteiger partial charge in [-0.05, 0) is 53.6 Å². The molecule has 5 heteroatoms. The highest BCUT2D eigenvalue weighted by molar-refractivity contribution is 14.1. The van der Waals surface area contributed by atoms with Gasteiger partial charge in [-0.25, -0.2) is 0 Å². The SMILES string of the molecule is CN(C(=O)c1ccc(I)c(O)c1)C1CCCCC1O. The van der Waals surface area contributed by atoms with Gasteiger partial charge in [0.2, 0.25) is 0 Å². The van der Waals surface area contributed by atoms with Crippen molar-refractivity contribution >= 4 is 28.5 Å². The number of phenolic OH excluding ortho intramolecular Hbond substituents is 1. The number of hydrogen-bond acceptors (Lipinski definition) is 3. The van der Waals surface area contributed by atoms with Gasteiger partial charge in [0.1, 0.15) is 5.75 Å². The van der Waals surface area contributed by atoms with Crippen molar-refractivity contribution in [2.75, 3.05) is 7.05 Å². The highest BCUT2D eigenvalue weighted by atomic mass is 127. The molecular formula is C14H18INO3. The van der Waals surface area contributed by atoms with Crippen molar-refractivity contribution in [1.82, 2.24) is 4.90 Å². The van der Waals surface area contributed by atoms with Crippen LogP contribution in [0.3, 0.4) is 0 Å². The average molecular weight is 375 g/mol. The van der Waals surface area contributed by atoms with Crippen molar-refractivity contribution in [3.05, 3.63) is 27.3 Å². The number of halogens is 1. The van der Waals surface area contributed by atoms with E-state index in [0.717, 1.165) is 29.3 Å². The van der Waals surface area contributed by atoms with Crippen molar-refractivity contribution in [3.8, 4) is 5.75 Å². The summed E-state index contributed by atoms with van der Waals surface area (Å²) in [5, 5.41) is 19.7. The minimum absolute atomic E-state index is 0.115. The summed E-state index contributed by atoms with van der Waals surface area (Å²) in [6.45, 7) is 0. The van der Waals surface area contributed by atoms with Crippen LogP contribution < -0.4 is 0 Å². The highest BCUT2D eigenvalue weighted by Crippen LogP contribution is 2.25. The molecule has 0 spiro atoms. The predicted molar refractivity (Wildman–Crippen MR) is 81.2 cm³/mol. The Balaban J connectivity index is 2.15. The molecule has 2 unspecified atom stereocenters. The Bertz CT molecular complexity index is 478. The Labute approximate surface area is 126 Å². The van der Waals surface area contributed by atoms with E-state index in [1.54, 1.807) is 24.1 Å². The van der Waals surface area contributed by atoms with Crippen LogP contribution in [-0.4, -0.2) is 40.2 Å². The third-order valence-electron chi connectivity index (χ3n) is 3.70. The van der Waals surface area contributed by atoms with Crippen molar-refractivity contribution in [2.24, 2.45) is 0 Å². The molecule has 19 heavy (non-hydrogen) atoms. The van der Waals surface area contributed by atoms with Gasteiger partial charge in [-0.2, -0.15) is 0 Å². The van der Waals surface area contributed by atoms with Gasteiger partial charge >= 0.3 is 0 Å². The first-order valence-electron chi connectivity index (χ1n) is 6.44. The fraction of sp³-hybridized carbons (Fsp3) is 0.500. The van der Waals surface area contributed by atoms with E-state index in [9.17, 15) is 15.0 Å². The molecule has 4 nitrogen and oxygen atoms in total. The van der Waals surface area contributed by atoms with E-state index in [-0.39, 0.29) is 17.7 Å². The van der Waals surface area contributed by atoms with E-state index in [1.807, 2.05) is 22.6 Å². The zero-order valence-electron chi connectivity index (χ0n) is 10.8. The van der Waals surface area contributed by atoms with Crippen molar-refractivity contribution in [1.29, 1.82) is 0 Å². The Morgan fingerprint density at radius 3 is 2.68 bits per heavy atom. The smallest absolute Gasteiger partial charge is 0.254 e. The minimum atomic E-state index is -0.444. The van der Waals surface area contributed by atoms with Crippen LogP contribution in [0.25, 0.3) is 0 Å². The number of nitrogens with zero attached hydrogens (tertiary/aromatic N) is 1. The number of amides is 1. The molecule has 2 rings (SSSR count). The lowest BCUT2D eigenvalue weighted by Crippen LogP contribution is -2.46. The van der Waals surface area contributed by atoms with E-state index in [1.165, 1.54) is 6.07 Å². The molecule has 1 aromatic rings. The van der Waals surface area contributed by atoms with Crippen molar-refractivity contribution < 1.29 is 15.0 Å². The molecule has 0 aliphatic heterocycles. The van der Waals surface area contributed by atoms with Crippen LogP contribution >= 0.6 is 22.6 Å². The lowest BCUT2D eigenvalue weighted by atomic mass is 9.91. The fourth-order valence-electron chi connectivity index (χ4n) is 2.54. The summed E-state index contributed by atoms with van der Waals surface area (Å²) in [7, 11) is 1.72. The van der Waals surface area contributed by atoms with Crippen LogP contribution in [-0.2, 0) is 0 Å². The molecule has 104 valence electrons. The Morgan fingerprint density at radius 2 is 2.05 bits per heavy atom. The molecular weight excluding hydrogens is 357 g/mol. The van der Waals surface area contributed by atoms with Crippen LogP contribution in [0, 0.1) is 3.57 Å². The quantitative estimate of drug-likeness (QED) is 0.781. The number of aliphatic hydroxyl groups excluding tert-OH is 1. The van der Waals surface area contributed by atoms with Crippen LogP contribution in [0.2, 0.25) is 0 Å². The van der Waals surface area contributed by atoms with Gasteiger partial charge in [-0.3, -0.25) is 4.79 Å². The maximum Gasteiger partial charge on any atom is 0.254 e. The van der Waals surface area contributed by atoms with E-state index >= 15 is 0 Å². The molecule has 0 aromatic heterocycles. The standard InChI is InChI=1S/C14H18INO3/c1-16(11-4-2-3-5-12(11)17)14(19)9-6-7-10(15)13(18)8-9/h6-8,11-12,17-18H,2-5H2,1H3. The molecule has 1 aliphatic carbocycles. The molecule has 0 bridgehead atoms. The van der Waals surface area contributed by atoms with Gasteiger partial charge in [0, 0.05) is 12.6 Å². The number of carbonyl (C=O) groups is 1. The van der Waals surface area contributed by atoms with Crippen molar-refractivity contribution in [3.63, 3.8) is 0 Å². The molecule has 1 amide bonds. The monoisotopic (exact) mass is 375 g/mol. The summed E-state index contributed by atoms with van der Waals surface area (Å²) in [5.74, 6) is -0.0401. The predicted octanol–water partition coefficient (Wildman–Crippen LogP) is 2.37. The molecule has 0 heterocycles. The van der Waals surface area contributed by atoms with E-state index in [2.05, 4.69) is 0 Å². The summed E-state index contributed by atoms with van der Waals surface area (Å²) in [5.41, 5.74) is 0.457. The molecule has 1 aliphatic rings. The van der Waals surface area contributed by atoms with Crippen molar-refractivity contribution in [2.45, 2.75) is 37.8 Å². The molecule has 2 atom stereocenters. The Morgan fingerprint density at radius 1 is 1.37 bits per heavy atom. The molecule has 1 fully saturated rings. The zero-order chi connectivity index (χ0) is 14.0. The summed E-state index contributed by atoms with van der Waals surface area (Å²) >= 11 is 2.01.